The highest BCUT2D eigenvalue weighted by Gasteiger charge is 2.36. The van der Waals surface area contributed by atoms with E-state index in [-0.39, 0.29) is 23.7 Å². The fourth-order valence-electron chi connectivity index (χ4n) is 4.65. The van der Waals surface area contributed by atoms with Crippen LogP contribution in [0.4, 0.5) is 10.2 Å². The third-order valence-electron chi connectivity index (χ3n) is 6.24. The number of amides is 1. The summed E-state index contributed by atoms with van der Waals surface area (Å²) in [5, 5.41) is 13.5. The molecular weight excluding hydrogens is 399 g/mol. The molecule has 2 N–H and O–H groups in total. The van der Waals surface area contributed by atoms with Gasteiger partial charge in [-0.15, -0.1) is 0 Å². The Bertz CT molecular complexity index is 1100. The van der Waals surface area contributed by atoms with Gasteiger partial charge in [0.05, 0.1) is 18.2 Å². The van der Waals surface area contributed by atoms with Crippen LogP contribution in [0, 0.1) is 11.7 Å². The smallest absolute Gasteiger partial charge is 0.228 e. The summed E-state index contributed by atoms with van der Waals surface area (Å²) in [6, 6.07) is 4.83. The zero-order valence-corrected chi connectivity index (χ0v) is 17.1. The lowest BCUT2D eigenvalue weighted by molar-refractivity contribution is -0.139. The maximum Gasteiger partial charge on any atom is 0.228 e. The minimum atomic E-state index is -0.513. The van der Waals surface area contributed by atoms with Gasteiger partial charge >= 0.3 is 0 Å². The lowest BCUT2D eigenvalue weighted by Crippen LogP contribution is -2.48. The summed E-state index contributed by atoms with van der Waals surface area (Å²) < 4.78 is 15.3. The van der Waals surface area contributed by atoms with Crippen LogP contribution in [0.25, 0.3) is 17.2 Å². The Hall–Kier alpha value is -3.07. The molecular formula is C22H25FN6O2. The third-order valence-corrected chi connectivity index (χ3v) is 6.24. The van der Waals surface area contributed by atoms with Crippen LogP contribution in [-0.2, 0) is 4.79 Å². The van der Waals surface area contributed by atoms with Gasteiger partial charge in [-0.3, -0.25) is 9.20 Å². The quantitative estimate of drug-likeness (QED) is 0.668. The average Bonchev–Trinajstić information content (AvgIpc) is 3.39. The van der Waals surface area contributed by atoms with E-state index in [4.69, 9.17) is 0 Å². The summed E-state index contributed by atoms with van der Waals surface area (Å²) in [5.41, 5.74) is 1.22. The Labute approximate surface area is 179 Å². The zero-order valence-electron chi connectivity index (χ0n) is 17.1. The number of aliphatic hydroxyl groups is 1. The Balaban J connectivity index is 1.31. The van der Waals surface area contributed by atoms with Gasteiger partial charge in [-0.05, 0) is 50.3 Å². The lowest BCUT2D eigenvalue weighted by atomic mass is 10.00. The first-order chi connectivity index (χ1) is 15.1. The molecule has 3 aromatic rings. The maximum atomic E-state index is 13.7. The van der Waals surface area contributed by atoms with Crippen LogP contribution in [0.2, 0.25) is 0 Å². The van der Waals surface area contributed by atoms with Crippen LogP contribution in [0.5, 0.6) is 0 Å². The Morgan fingerprint density at radius 2 is 2.06 bits per heavy atom. The van der Waals surface area contributed by atoms with Crippen LogP contribution in [0.1, 0.15) is 32.1 Å². The number of pyridine rings is 1. The van der Waals surface area contributed by atoms with Crippen molar-refractivity contribution in [2.75, 3.05) is 18.4 Å². The molecule has 1 saturated heterocycles. The van der Waals surface area contributed by atoms with Crippen molar-refractivity contribution in [1.29, 1.82) is 0 Å². The molecule has 8 nitrogen and oxygen atoms in total. The highest BCUT2D eigenvalue weighted by Crippen LogP contribution is 2.29. The number of likely N-dealkylation sites (tertiary alicyclic amines) is 1. The molecule has 9 heteroatoms. The minimum absolute atomic E-state index is 0.0626. The van der Waals surface area contributed by atoms with E-state index in [1.54, 1.807) is 28.9 Å². The van der Waals surface area contributed by atoms with Gasteiger partial charge < -0.3 is 15.3 Å². The van der Waals surface area contributed by atoms with Crippen molar-refractivity contribution >= 4 is 17.4 Å². The normalized spacial score (nSPS) is 23.9. The number of carbonyl (C=O) groups is 1. The van der Waals surface area contributed by atoms with Gasteiger partial charge in [0.15, 0.2) is 5.82 Å². The van der Waals surface area contributed by atoms with Gasteiger partial charge in [0.1, 0.15) is 23.0 Å². The van der Waals surface area contributed by atoms with Gasteiger partial charge in [-0.1, -0.05) is 0 Å². The number of hydrogen-bond donors (Lipinski definition) is 2. The van der Waals surface area contributed by atoms with Crippen molar-refractivity contribution < 1.29 is 14.3 Å². The first-order valence-corrected chi connectivity index (χ1v) is 10.8. The van der Waals surface area contributed by atoms with Crippen molar-refractivity contribution in [3.05, 3.63) is 42.6 Å². The summed E-state index contributed by atoms with van der Waals surface area (Å²) in [4.78, 5) is 27.9. The number of aromatic nitrogens is 4. The standard InChI is InChI=1S/C22H25FN6O2/c23-14-6-7-20-25-11-17(29(20)12-14)21-24-9-8-19(27-21)26-15-3-2-10-28(13-15)22(31)16-4-1-5-18(16)30/h6-9,11-12,15-16,18,30H,1-5,10,13H2,(H,24,26,27)/t15-,16-,18+/m1/s1. The molecule has 0 aromatic carbocycles. The second-order valence-corrected chi connectivity index (χ2v) is 8.36. The van der Waals surface area contributed by atoms with E-state index in [1.807, 2.05) is 4.90 Å². The second-order valence-electron chi connectivity index (χ2n) is 8.36. The van der Waals surface area contributed by atoms with Crippen molar-refractivity contribution in [2.45, 2.75) is 44.2 Å². The van der Waals surface area contributed by atoms with Crippen molar-refractivity contribution in [3.63, 3.8) is 0 Å². The van der Waals surface area contributed by atoms with E-state index in [1.165, 1.54) is 12.3 Å². The number of piperidine rings is 1. The number of fused-ring (bicyclic) bond motifs is 1. The van der Waals surface area contributed by atoms with Gasteiger partial charge in [-0.2, -0.15) is 0 Å². The van der Waals surface area contributed by atoms with E-state index in [9.17, 15) is 14.3 Å². The topological polar surface area (TPSA) is 95.7 Å². The van der Waals surface area contributed by atoms with E-state index in [0.717, 1.165) is 32.2 Å². The molecule has 3 aromatic heterocycles. The van der Waals surface area contributed by atoms with Crippen molar-refractivity contribution in [1.82, 2.24) is 24.3 Å². The van der Waals surface area contributed by atoms with E-state index < -0.39 is 6.10 Å². The molecule has 1 aliphatic heterocycles. The molecule has 0 bridgehead atoms. The number of nitrogens with one attached hydrogen (secondary N) is 1. The molecule has 162 valence electrons. The predicted molar refractivity (Wildman–Crippen MR) is 113 cm³/mol. The predicted octanol–water partition coefficient (Wildman–Crippen LogP) is 2.49. The highest BCUT2D eigenvalue weighted by molar-refractivity contribution is 5.80. The molecule has 0 unspecified atom stereocenters. The van der Waals surface area contributed by atoms with Crippen LogP contribution in [0.15, 0.2) is 36.8 Å². The first-order valence-electron chi connectivity index (χ1n) is 10.8. The van der Waals surface area contributed by atoms with Crippen molar-refractivity contribution in [3.8, 4) is 11.5 Å². The average molecular weight is 424 g/mol. The van der Waals surface area contributed by atoms with E-state index in [2.05, 4.69) is 20.3 Å². The molecule has 1 amide bonds. The SMILES string of the molecule is O=C([C@@H]1CCC[C@@H]1O)N1CCC[C@@H](Nc2ccnc(-c3cnc4ccc(F)cn34)n2)C1. The van der Waals surface area contributed by atoms with Gasteiger partial charge in [0.25, 0.3) is 0 Å². The van der Waals surface area contributed by atoms with Crippen LogP contribution < -0.4 is 5.32 Å². The maximum absolute atomic E-state index is 13.7. The molecule has 2 aliphatic rings. The Morgan fingerprint density at radius 3 is 2.90 bits per heavy atom. The van der Waals surface area contributed by atoms with Crippen molar-refractivity contribution in [2.24, 2.45) is 5.92 Å². The second kappa shape index (κ2) is 8.22. The lowest BCUT2D eigenvalue weighted by Gasteiger charge is -2.35. The molecule has 1 aliphatic carbocycles. The van der Waals surface area contributed by atoms with Gasteiger partial charge in [0.2, 0.25) is 5.91 Å². The summed E-state index contributed by atoms with van der Waals surface area (Å²) in [5.74, 6) is 0.533. The fourth-order valence-corrected chi connectivity index (χ4v) is 4.65. The van der Waals surface area contributed by atoms with E-state index >= 15 is 0 Å². The molecule has 1 saturated carbocycles. The highest BCUT2D eigenvalue weighted by atomic mass is 19.1. The summed E-state index contributed by atoms with van der Waals surface area (Å²) >= 11 is 0. The Morgan fingerprint density at radius 1 is 1.16 bits per heavy atom. The molecule has 2 fully saturated rings. The molecule has 0 radical (unpaired) electrons. The largest absolute Gasteiger partial charge is 0.392 e. The van der Waals surface area contributed by atoms with Crippen LogP contribution >= 0.6 is 0 Å². The molecule has 0 spiro atoms. The molecule has 31 heavy (non-hydrogen) atoms. The number of carbonyl (C=O) groups excluding carboxylic acids is 1. The molecule has 5 rings (SSSR count). The summed E-state index contributed by atoms with van der Waals surface area (Å²) in [6.45, 7) is 1.31. The summed E-state index contributed by atoms with van der Waals surface area (Å²) in [7, 11) is 0. The number of anilines is 1. The summed E-state index contributed by atoms with van der Waals surface area (Å²) in [6.07, 6.45) is 8.35. The number of nitrogens with zero attached hydrogens (tertiary/aromatic N) is 5. The van der Waals surface area contributed by atoms with Gasteiger partial charge in [0, 0.05) is 31.5 Å². The van der Waals surface area contributed by atoms with E-state index in [0.29, 0.717) is 35.9 Å². The number of imidazole rings is 1. The van der Waals surface area contributed by atoms with Crippen LogP contribution in [0.3, 0.4) is 0 Å². The number of rotatable bonds is 4. The first kappa shape index (κ1) is 19.9. The zero-order chi connectivity index (χ0) is 21.4. The monoisotopic (exact) mass is 424 g/mol. The number of aliphatic hydroxyl groups excluding tert-OH is 1. The third kappa shape index (κ3) is 3.97. The van der Waals surface area contributed by atoms with Crippen LogP contribution in [-0.4, -0.2) is 60.5 Å². The minimum Gasteiger partial charge on any atom is -0.392 e. The molecule has 3 atom stereocenters. The number of hydrogen-bond acceptors (Lipinski definition) is 6. The van der Waals surface area contributed by atoms with Gasteiger partial charge in [-0.25, -0.2) is 19.3 Å². The Kier molecular flexibility index (Phi) is 5.27. The molecule has 4 heterocycles. The fraction of sp³-hybridized carbons (Fsp3) is 0.455. The number of halogens is 1.